The molecule has 0 aromatic heterocycles. The second kappa shape index (κ2) is 15.5. The highest BCUT2D eigenvalue weighted by atomic mass is 16.5. The lowest BCUT2D eigenvalue weighted by Crippen LogP contribution is -2.07. The summed E-state index contributed by atoms with van der Waals surface area (Å²) in [6.45, 7) is 2.65. The first-order chi connectivity index (χ1) is 9.31. The average Bonchev–Trinajstić information content (AvgIpc) is 2.40. The van der Waals surface area contributed by atoms with Gasteiger partial charge in [-0.15, -0.1) is 0 Å². The Morgan fingerprint density at radius 1 is 0.842 bits per heavy atom. The number of ether oxygens (including phenoxy) is 1. The maximum absolute atomic E-state index is 10.9. The van der Waals surface area contributed by atoms with Crippen LogP contribution in [-0.2, 0) is 9.53 Å². The van der Waals surface area contributed by atoms with Crippen molar-refractivity contribution in [3.05, 3.63) is 0 Å². The smallest absolute Gasteiger partial charge is 0.308 e. The van der Waals surface area contributed by atoms with Gasteiger partial charge >= 0.3 is 5.97 Å². The molecule has 0 aliphatic rings. The maximum Gasteiger partial charge on any atom is 0.308 e. The zero-order chi connectivity index (χ0) is 14.2. The molecule has 3 nitrogen and oxygen atoms in total. The molecule has 1 N–H and O–H groups in total. The van der Waals surface area contributed by atoms with Gasteiger partial charge in [0, 0.05) is 0 Å². The Morgan fingerprint density at radius 3 is 1.79 bits per heavy atom. The minimum atomic E-state index is -0.283. The minimum absolute atomic E-state index is 0.114. The molecule has 0 aromatic carbocycles. The molecule has 0 spiro atoms. The zero-order valence-electron chi connectivity index (χ0n) is 12.7. The fraction of sp³-hybridized carbons (Fsp3) is 0.938. The highest BCUT2D eigenvalue weighted by Gasteiger charge is 2.00. The van der Waals surface area contributed by atoms with Crippen molar-refractivity contribution in [3.8, 4) is 0 Å². The van der Waals surface area contributed by atoms with Crippen LogP contribution >= 0.6 is 0 Å². The first-order valence-electron chi connectivity index (χ1n) is 8.07. The lowest BCUT2D eigenvalue weighted by Gasteiger charge is -2.04. The van der Waals surface area contributed by atoms with Gasteiger partial charge in [0.2, 0.25) is 0 Å². The topological polar surface area (TPSA) is 46.5 Å². The van der Waals surface area contributed by atoms with E-state index in [2.05, 4.69) is 6.92 Å². The number of carbonyl (C=O) groups is 1. The number of carbonyl (C=O) groups excluding carboxylic acids is 1. The third-order valence-corrected chi connectivity index (χ3v) is 3.33. The SMILES string of the molecule is CCCCCCCCCCCCCOC(=O)CCO. The molecule has 0 aliphatic heterocycles. The first-order valence-corrected chi connectivity index (χ1v) is 8.07. The van der Waals surface area contributed by atoms with E-state index in [1.54, 1.807) is 0 Å². The lowest BCUT2D eigenvalue weighted by atomic mass is 10.1. The standard InChI is InChI=1S/C16H32O3/c1-2-3-4-5-6-7-8-9-10-11-12-15-19-16(18)13-14-17/h17H,2-15H2,1H3. The normalized spacial score (nSPS) is 10.6. The molecule has 19 heavy (non-hydrogen) atoms. The summed E-state index contributed by atoms with van der Waals surface area (Å²) in [7, 11) is 0. The van der Waals surface area contributed by atoms with Crippen LogP contribution in [0.4, 0.5) is 0 Å². The second-order valence-corrected chi connectivity index (χ2v) is 5.23. The van der Waals surface area contributed by atoms with Gasteiger partial charge in [-0.3, -0.25) is 4.79 Å². The molecule has 0 radical (unpaired) electrons. The van der Waals surface area contributed by atoms with Gasteiger partial charge in [0.15, 0.2) is 0 Å². The summed E-state index contributed by atoms with van der Waals surface area (Å²) >= 11 is 0. The molecule has 0 aromatic rings. The molecule has 0 rings (SSSR count). The van der Waals surface area contributed by atoms with Crippen LogP contribution in [-0.4, -0.2) is 24.3 Å². The average molecular weight is 272 g/mol. The predicted molar refractivity (Wildman–Crippen MR) is 79.1 cm³/mol. The molecule has 0 bridgehead atoms. The summed E-state index contributed by atoms with van der Waals surface area (Å²) in [6.07, 6.45) is 14.4. The van der Waals surface area contributed by atoms with Crippen LogP contribution in [0.15, 0.2) is 0 Å². The molecular weight excluding hydrogens is 240 g/mol. The van der Waals surface area contributed by atoms with Crippen molar-refractivity contribution in [2.24, 2.45) is 0 Å². The third-order valence-electron chi connectivity index (χ3n) is 3.33. The van der Waals surface area contributed by atoms with E-state index < -0.39 is 0 Å². The number of aliphatic hydroxyl groups is 1. The molecule has 0 saturated carbocycles. The van der Waals surface area contributed by atoms with Gasteiger partial charge in [-0.1, -0.05) is 71.1 Å². The number of rotatable bonds is 14. The summed E-state index contributed by atoms with van der Waals surface area (Å²) in [5, 5.41) is 8.53. The van der Waals surface area contributed by atoms with Crippen LogP contribution in [0.5, 0.6) is 0 Å². The van der Waals surface area contributed by atoms with E-state index in [0.29, 0.717) is 6.61 Å². The molecule has 0 amide bonds. The van der Waals surface area contributed by atoms with Crippen LogP contribution in [0.1, 0.15) is 84.0 Å². The molecule has 0 fully saturated rings. The number of aliphatic hydroxyl groups excluding tert-OH is 1. The molecule has 0 saturated heterocycles. The van der Waals surface area contributed by atoms with Crippen LogP contribution in [0.3, 0.4) is 0 Å². The Morgan fingerprint density at radius 2 is 1.32 bits per heavy atom. The molecular formula is C16H32O3. The molecule has 0 atom stereocenters. The van der Waals surface area contributed by atoms with Gasteiger partial charge in [-0.05, 0) is 6.42 Å². The molecule has 0 aliphatic carbocycles. The van der Waals surface area contributed by atoms with Gasteiger partial charge in [0.1, 0.15) is 0 Å². The number of esters is 1. The largest absolute Gasteiger partial charge is 0.466 e. The van der Waals surface area contributed by atoms with Crippen molar-refractivity contribution in [2.45, 2.75) is 84.0 Å². The van der Waals surface area contributed by atoms with Crippen LogP contribution in [0.25, 0.3) is 0 Å². The number of hydrogen-bond donors (Lipinski definition) is 1. The van der Waals surface area contributed by atoms with Crippen molar-refractivity contribution in [2.75, 3.05) is 13.2 Å². The van der Waals surface area contributed by atoms with E-state index in [4.69, 9.17) is 9.84 Å². The van der Waals surface area contributed by atoms with Gasteiger partial charge in [-0.2, -0.15) is 0 Å². The Hall–Kier alpha value is -0.570. The number of unbranched alkanes of at least 4 members (excludes halogenated alkanes) is 10. The fourth-order valence-corrected chi connectivity index (χ4v) is 2.12. The first kappa shape index (κ1) is 18.4. The van der Waals surface area contributed by atoms with Gasteiger partial charge in [-0.25, -0.2) is 0 Å². The minimum Gasteiger partial charge on any atom is -0.466 e. The quantitative estimate of drug-likeness (QED) is 0.380. The summed E-state index contributed by atoms with van der Waals surface area (Å²) in [5.41, 5.74) is 0. The summed E-state index contributed by atoms with van der Waals surface area (Å²) < 4.78 is 4.97. The van der Waals surface area contributed by atoms with Gasteiger partial charge < -0.3 is 9.84 Å². The van der Waals surface area contributed by atoms with Crippen molar-refractivity contribution in [3.63, 3.8) is 0 Å². The highest BCUT2D eigenvalue weighted by Crippen LogP contribution is 2.11. The van der Waals surface area contributed by atoms with E-state index in [1.165, 1.54) is 57.8 Å². The predicted octanol–water partition coefficient (Wildman–Crippen LogP) is 4.22. The summed E-state index contributed by atoms with van der Waals surface area (Å²) in [4.78, 5) is 10.9. The second-order valence-electron chi connectivity index (χ2n) is 5.23. The van der Waals surface area contributed by atoms with E-state index in [0.717, 1.165) is 12.8 Å². The maximum atomic E-state index is 10.9. The Balaban J connectivity index is 3.01. The van der Waals surface area contributed by atoms with Crippen molar-refractivity contribution in [1.82, 2.24) is 0 Å². The summed E-state index contributed by atoms with van der Waals surface area (Å²) in [5.74, 6) is -0.283. The Labute approximate surface area is 118 Å². The number of hydrogen-bond acceptors (Lipinski definition) is 3. The molecule has 0 heterocycles. The van der Waals surface area contributed by atoms with E-state index in [-0.39, 0.29) is 19.0 Å². The lowest BCUT2D eigenvalue weighted by molar-refractivity contribution is -0.144. The Kier molecular flexibility index (Phi) is 15.0. The highest BCUT2D eigenvalue weighted by molar-refractivity contribution is 5.69. The van der Waals surface area contributed by atoms with E-state index in [1.807, 2.05) is 0 Å². The van der Waals surface area contributed by atoms with Gasteiger partial charge in [0.25, 0.3) is 0 Å². The molecule has 3 heteroatoms. The van der Waals surface area contributed by atoms with E-state index in [9.17, 15) is 4.79 Å². The van der Waals surface area contributed by atoms with Crippen molar-refractivity contribution < 1.29 is 14.6 Å². The zero-order valence-corrected chi connectivity index (χ0v) is 12.7. The monoisotopic (exact) mass is 272 g/mol. The van der Waals surface area contributed by atoms with Crippen LogP contribution in [0.2, 0.25) is 0 Å². The van der Waals surface area contributed by atoms with Crippen molar-refractivity contribution >= 4 is 5.97 Å². The van der Waals surface area contributed by atoms with E-state index >= 15 is 0 Å². The molecule has 0 unspecified atom stereocenters. The van der Waals surface area contributed by atoms with Crippen LogP contribution in [0, 0.1) is 0 Å². The molecule has 114 valence electrons. The van der Waals surface area contributed by atoms with Gasteiger partial charge in [0.05, 0.1) is 19.6 Å². The third kappa shape index (κ3) is 15.4. The van der Waals surface area contributed by atoms with Crippen molar-refractivity contribution in [1.29, 1.82) is 0 Å². The summed E-state index contributed by atoms with van der Waals surface area (Å²) in [6, 6.07) is 0. The fourth-order valence-electron chi connectivity index (χ4n) is 2.12. The van der Waals surface area contributed by atoms with Crippen LogP contribution < -0.4 is 0 Å². The Bertz CT molecular complexity index is 192.